The Kier molecular flexibility index (Phi) is 6.78. The molecule has 1 aromatic carbocycles. The second-order valence-electron chi connectivity index (χ2n) is 7.29. The van der Waals surface area contributed by atoms with E-state index in [1.165, 1.54) is 29.8 Å². The van der Waals surface area contributed by atoms with E-state index < -0.39 is 34.5 Å². The van der Waals surface area contributed by atoms with E-state index in [-0.39, 0.29) is 31.0 Å². The molecule has 0 aliphatic carbocycles. The Balaban J connectivity index is 1.64. The summed E-state index contributed by atoms with van der Waals surface area (Å²) in [5.74, 6) is -0.367. The number of halogens is 7. The fourth-order valence-corrected chi connectivity index (χ4v) is 3.33. The molecule has 2 aromatic heterocycles. The van der Waals surface area contributed by atoms with Crippen molar-refractivity contribution in [1.82, 2.24) is 19.6 Å². The molecule has 0 unspecified atom stereocenters. The van der Waals surface area contributed by atoms with Crippen LogP contribution in [-0.4, -0.2) is 25.5 Å². The summed E-state index contributed by atoms with van der Waals surface area (Å²) < 4.78 is 79.8. The van der Waals surface area contributed by atoms with E-state index >= 15 is 0 Å². The molecule has 1 N–H and O–H groups in total. The van der Waals surface area contributed by atoms with E-state index in [1.807, 2.05) is 0 Å². The van der Waals surface area contributed by atoms with Gasteiger partial charge in [0, 0.05) is 18.2 Å². The normalized spacial score (nSPS) is 12.3. The SMILES string of the molecule is Cc1cc(NC(=O)CCn2nc(C(F)(F)F)c(Cl)c2C)nn1Cc1cccc(C(F)(F)F)c1. The highest BCUT2D eigenvalue weighted by Crippen LogP contribution is 2.35. The zero-order valence-corrected chi connectivity index (χ0v) is 18.1. The maximum Gasteiger partial charge on any atom is 0.436 e. The van der Waals surface area contributed by atoms with Gasteiger partial charge in [0.25, 0.3) is 0 Å². The molecule has 6 nitrogen and oxygen atoms in total. The van der Waals surface area contributed by atoms with E-state index in [1.54, 1.807) is 6.92 Å². The molecule has 33 heavy (non-hydrogen) atoms. The number of hydrogen-bond acceptors (Lipinski definition) is 3. The van der Waals surface area contributed by atoms with Gasteiger partial charge in [-0.15, -0.1) is 0 Å². The Morgan fingerprint density at radius 3 is 2.33 bits per heavy atom. The lowest BCUT2D eigenvalue weighted by Gasteiger charge is -2.09. The van der Waals surface area contributed by atoms with Crippen molar-refractivity contribution >= 4 is 23.3 Å². The molecule has 3 aromatic rings. The molecule has 3 rings (SSSR count). The Bertz CT molecular complexity index is 1160. The number of anilines is 1. The largest absolute Gasteiger partial charge is 0.436 e. The van der Waals surface area contributed by atoms with Gasteiger partial charge >= 0.3 is 12.4 Å². The first kappa shape index (κ1) is 24.6. The van der Waals surface area contributed by atoms with Crippen LogP contribution in [0.15, 0.2) is 30.3 Å². The second-order valence-corrected chi connectivity index (χ2v) is 7.67. The Morgan fingerprint density at radius 2 is 1.73 bits per heavy atom. The van der Waals surface area contributed by atoms with Crippen molar-refractivity contribution in [3.05, 3.63) is 63.6 Å². The maximum absolute atomic E-state index is 12.9. The minimum Gasteiger partial charge on any atom is -0.309 e. The first-order valence-corrected chi connectivity index (χ1v) is 9.94. The van der Waals surface area contributed by atoms with Gasteiger partial charge in [0.15, 0.2) is 11.5 Å². The highest BCUT2D eigenvalue weighted by atomic mass is 35.5. The van der Waals surface area contributed by atoms with E-state index in [0.29, 0.717) is 11.3 Å². The highest BCUT2D eigenvalue weighted by Gasteiger charge is 2.38. The number of aryl methyl sites for hydroxylation is 2. The number of nitrogens with one attached hydrogen (secondary N) is 1. The lowest BCUT2D eigenvalue weighted by molar-refractivity contribution is -0.141. The molecule has 178 valence electrons. The molecule has 13 heteroatoms. The minimum atomic E-state index is -4.71. The van der Waals surface area contributed by atoms with Gasteiger partial charge in [-0.2, -0.15) is 36.5 Å². The van der Waals surface area contributed by atoms with Crippen LogP contribution in [0.3, 0.4) is 0 Å². The van der Waals surface area contributed by atoms with Crippen molar-refractivity contribution < 1.29 is 31.1 Å². The van der Waals surface area contributed by atoms with Crippen LogP contribution in [0.25, 0.3) is 0 Å². The molecule has 0 bridgehead atoms. The summed E-state index contributed by atoms with van der Waals surface area (Å²) in [4.78, 5) is 12.2. The average molecular weight is 494 g/mol. The van der Waals surface area contributed by atoms with Crippen molar-refractivity contribution in [3.8, 4) is 0 Å². The zero-order chi connectivity index (χ0) is 24.6. The van der Waals surface area contributed by atoms with Crippen LogP contribution in [0.2, 0.25) is 5.02 Å². The smallest absolute Gasteiger partial charge is 0.309 e. The Hall–Kier alpha value is -3.02. The van der Waals surface area contributed by atoms with Crippen molar-refractivity contribution in [1.29, 1.82) is 0 Å². The van der Waals surface area contributed by atoms with Gasteiger partial charge in [0.1, 0.15) is 0 Å². The van der Waals surface area contributed by atoms with E-state index in [2.05, 4.69) is 15.5 Å². The van der Waals surface area contributed by atoms with Gasteiger partial charge in [-0.3, -0.25) is 14.2 Å². The molecule has 0 fully saturated rings. The number of carbonyl (C=O) groups is 1. The number of benzene rings is 1. The molecule has 2 heterocycles. The number of rotatable bonds is 6. The summed E-state index contributed by atoms with van der Waals surface area (Å²) in [7, 11) is 0. The summed E-state index contributed by atoms with van der Waals surface area (Å²) in [5.41, 5.74) is -0.947. The molecule has 0 aliphatic rings. The predicted molar refractivity (Wildman–Crippen MR) is 108 cm³/mol. The molecule has 0 spiro atoms. The summed E-state index contributed by atoms with van der Waals surface area (Å²) in [5, 5.41) is 9.60. The van der Waals surface area contributed by atoms with Crippen molar-refractivity contribution in [2.24, 2.45) is 0 Å². The molecule has 0 saturated carbocycles. The van der Waals surface area contributed by atoms with Crippen molar-refractivity contribution in [3.63, 3.8) is 0 Å². The number of alkyl halides is 6. The summed E-state index contributed by atoms with van der Waals surface area (Å²) in [6.45, 7) is 2.94. The van der Waals surface area contributed by atoms with Crippen LogP contribution < -0.4 is 5.32 Å². The summed E-state index contributed by atoms with van der Waals surface area (Å²) in [6, 6.07) is 6.35. The van der Waals surface area contributed by atoms with Gasteiger partial charge in [0.05, 0.1) is 29.4 Å². The first-order valence-electron chi connectivity index (χ1n) is 9.56. The van der Waals surface area contributed by atoms with E-state index in [4.69, 9.17) is 11.6 Å². The van der Waals surface area contributed by atoms with Gasteiger partial charge in [-0.1, -0.05) is 23.7 Å². The average Bonchev–Trinajstić information content (AvgIpc) is 3.19. The molecular formula is C20H18ClF6N5O. The molecule has 0 atom stereocenters. The quantitative estimate of drug-likeness (QED) is 0.463. The van der Waals surface area contributed by atoms with Gasteiger partial charge in [0.2, 0.25) is 5.91 Å². The summed E-state index contributed by atoms with van der Waals surface area (Å²) in [6.07, 6.45) is -9.37. The maximum atomic E-state index is 12.9. The number of carbonyl (C=O) groups excluding carboxylic acids is 1. The third kappa shape index (κ3) is 5.86. The van der Waals surface area contributed by atoms with Crippen LogP contribution in [0.5, 0.6) is 0 Å². The number of hydrogen-bond donors (Lipinski definition) is 1. The van der Waals surface area contributed by atoms with Crippen molar-refractivity contribution in [2.45, 2.75) is 45.7 Å². The number of amides is 1. The first-order chi connectivity index (χ1) is 15.3. The van der Waals surface area contributed by atoms with Crippen LogP contribution in [-0.2, 0) is 30.2 Å². The standard InChI is InChI=1S/C20H18ClF6N5O/c1-11-8-15(29-32(11)10-13-4-3-5-14(9-13)19(22,23)24)28-16(33)6-7-31-12(2)17(21)18(30-31)20(25,26)27/h3-5,8-9H,6-7,10H2,1-2H3,(H,28,29,33). The fourth-order valence-electron chi connectivity index (χ4n) is 3.09. The monoisotopic (exact) mass is 493 g/mol. The van der Waals surface area contributed by atoms with Crippen LogP contribution in [0.4, 0.5) is 32.2 Å². The van der Waals surface area contributed by atoms with Gasteiger partial charge in [-0.25, -0.2) is 0 Å². The predicted octanol–water partition coefficient (Wildman–Crippen LogP) is 5.46. The molecular weight excluding hydrogens is 476 g/mol. The van der Waals surface area contributed by atoms with Crippen LogP contribution in [0, 0.1) is 13.8 Å². The van der Waals surface area contributed by atoms with Gasteiger partial charge < -0.3 is 5.32 Å². The summed E-state index contributed by atoms with van der Waals surface area (Å²) >= 11 is 5.69. The van der Waals surface area contributed by atoms with Crippen LogP contribution >= 0.6 is 11.6 Å². The van der Waals surface area contributed by atoms with Crippen molar-refractivity contribution in [2.75, 3.05) is 5.32 Å². The third-order valence-corrected chi connectivity index (χ3v) is 5.24. The molecule has 0 saturated heterocycles. The Labute approximate surface area is 189 Å². The van der Waals surface area contributed by atoms with E-state index in [9.17, 15) is 31.1 Å². The number of aromatic nitrogens is 4. The van der Waals surface area contributed by atoms with Crippen LogP contribution in [0.1, 0.15) is 34.6 Å². The lowest BCUT2D eigenvalue weighted by Crippen LogP contribution is -2.16. The number of nitrogens with zero attached hydrogens (tertiary/aromatic N) is 4. The third-order valence-electron chi connectivity index (χ3n) is 4.79. The zero-order valence-electron chi connectivity index (χ0n) is 17.4. The lowest BCUT2D eigenvalue weighted by atomic mass is 10.1. The Morgan fingerprint density at radius 1 is 1.03 bits per heavy atom. The molecule has 1 amide bonds. The molecule has 0 radical (unpaired) electrons. The fraction of sp³-hybridized carbons (Fsp3) is 0.350. The second kappa shape index (κ2) is 9.08. The van der Waals surface area contributed by atoms with E-state index in [0.717, 1.165) is 16.8 Å². The highest BCUT2D eigenvalue weighted by molar-refractivity contribution is 6.31. The molecule has 0 aliphatic heterocycles. The van der Waals surface area contributed by atoms with Gasteiger partial charge in [-0.05, 0) is 31.5 Å². The minimum absolute atomic E-state index is 0.0524. The topological polar surface area (TPSA) is 64.7 Å².